The molecule has 1 N–H and O–H groups in total. The normalized spacial score (nSPS) is 11.9. The summed E-state index contributed by atoms with van der Waals surface area (Å²) in [5.41, 5.74) is 1.48. The van der Waals surface area contributed by atoms with Crippen LogP contribution in [0.15, 0.2) is 59.3 Å². The van der Waals surface area contributed by atoms with Crippen molar-refractivity contribution in [2.24, 2.45) is 0 Å². The Bertz CT molecular complexity index is 816. The summed E-state index contributed by atoms with van der Waals surface area (Å²) in [5.74, 6) is -0.153. The number of amides is 1. The third-order valence-corrected chi connectivity index (χ3v) is 3.61. The Morgan fingerprint density at radius 3 is 2.67 bits per heavy atom. The molecule has 5 nitrogen and oxygen atoms in total. The number of aryl methyl sites for hydroxylation is 1. The molecule has 0 saturated heterocycles. The molecule has 1 aromatic carbocycles. The second kappa shape index (κ2) is 7.04. The van der Waals surface area contributed by atoms with Crippen LogP contribution in [-0.4, -0.2) is 16.0 Å². The minimum atomic E-state index is -0.516. The van der Waals surface area contributed by atoms with Crippen LogP contribution in [0.2, 0.25) is 0 Å². The van der Waals surface area contributed by atoms with E-state index < -0.39 is 5.92 Å². The van der Waals surface area contributed by atoms with Gasteiger partial charge in [0.25, 0.3) is 0 Å². The van der Waals surface area contributed by atoms with Gasteiger partial charge in [-0.1, -0.05) is 23.4 Å². The van der Waals surface area contributed by atoms with Crippen molar-refractivity contribution in [1.29, 1.82) is 0 Å². The Morgan fingerprint density at radius 1 is 1.25 bits per heavy atom. The minimum Gasteiger partial charge on any atom is -0.360 e. The molecule has 1 atom stereocenters. The van der Waals surface area contributed by atoms with E-state index >= 15 is 0 Å². The van der Waals surface area contributed by atoms with Crippen molar-refractivity contribution in [3.05, 3.63) is 77.6 Å². The first-order chi connectivity index (χ1) is 11.6. The van der Waals surface area contributed by atoms with Gasteiger partial charge in [0.15, 0.2) is 5.82 Å². The van der Waals surface area contributed by atoms with E-state index in [9.17, 15) is 9.18 Å². The highest BCUT2D eigenvalue weighted by Gasteiger charge is 2.23. The zero-order chi connectivity index (χ0) is 16.9. The number of nitrogens with one attached hydrogen (secondary N) is 1. The highest BCUT2D eigenvalue weighted by molar-refractivity contribution is 5.95. The number of hydrogen-bond donors (Lipinski definition) is 1. The van der Waals surface area contributed by atoms with E-state index in [2.05, 4.69) is 15.5 Å². The lowest BCUT2D eigenvalue weighted by Crippen LogP contribution is -2.23. The summed E-state index contributed by atoms with van der Waals surface area (Å²) >= 11 is 0. The molecule has 1 amide bonds. The van der Waals surface area contributed by atoms with E-state index in [1.807, 2.05) is 18.2 Å². The molecule has 24 heavy (non-hydrogen) atoms. The zero-order valence-corrected chi connectivity index (χ0v) is 13.1. The molecule has 0 radical (unpaired) electrons. The van der Waals surface area contributed by atoms with Gasteiger partial charge in [-0.05, 0) is 36.8 Å². The van der Waals surface area contributed by atoms with Crippen molar-refractivity contribution in [3.63, 3.8) is 0 Å². The monoisotopic (exact) mass is 325 g/mol. The highest BCUT2D eigenvalue weighted by Crippen LogP contribution is 2.23. The van der Waals surface area contributed by atoms with Crippen LogP contribution in [0.25, 0.3) is 0 Å². The molecule has 3 aromatic rings. The molecule has 2 heterocycles. The molecule has 1 unspecified atom stereocenters. The van der Waals surface area contributed by atoms with Gasteiger partial charge in [0.05, 0.1) is 5.92 Å². The molecule has 0 bridgehead atoms. The molecule has 3 rings (SSSR count). The van der Waals surface area contributed by atoms with Gasteiger partial charge in [0.2, 0.25) is 5.91 Å². The molecule has 0 aliphatic heterocycles. The maximum Gasteiger partial charge on any atom is 0.233 e. The van der Waals surface area contributed by atoms with Gasteiger partial charge in [0.1, 0.15) is 11.6 Å². The van der Waals surface area contributed by atoms with E-state index in [0.717, 1.165) is 5.69 Å². The van der Waals surface area contributed by atoms with E-state index in [0.29, 0.717) is 23.6 Å². The zero-order valence-electron chi connectivity index (χ0n) is 13.1. The molecular weight excluding hydrogens is 309 g/mol. The van der Waals surface area contributed by atoms with Crippen LogP contribution < -0.4 is 5.32 Å². The van der Waals surface area contributed by atoms with Crippen molar-refractivity contribution in [2.45, 2.75) is 19.3 Å². The molecular formula is C18H16FN3O2. The van der Waals surface area contributed by atoms with Crippen LogP contribution in [0.3, 0.4) is 0 Å². The minimum absolute atomic E-state index is 0.249. The van der Waals surface area contributed by atoms with E-state index in [1.54, 1.807) is 31.3 Å². The van der Waals surface area contributed by atoms with E-state index in [-0.39, 0.29) is 11.7 Å². The third kappa shape index (κ3) is 3.84. The summed E-state index contributed by atoms with van der Waals surface area (Å²) < 4.78 is 18.2. The van der Waals surface area contributed by atoms with Crippen molar-refractivity contribution in [2.75, 3.05) is 5.32 Å². The number of nitrogens with zero attached hydrogens (tertiary/aromatic N) is 2. The molecule has 0 spiro atoms. The number of benzene rings is 1. The Hall–Kier alpha value is -3.02. The van der Waals surface area contributed by atoms with Crippen molar-refractivity contribution in [3.8, 4) is 0 Å². The SMILES string of the molecule is Cc1cc(NC(=O)C(Cc2ccccn2)c2ccc(F)cc2)no1. The lowest BCUT2D eigenvalue weighted by atomic mass is 9.93. The Balaban J connectivity index is 1.85. The summed E-state index contributed by atoms with van der Waals surface area (Å²) in [6.45, 7) is 1.74. The summed E-state index contributed by atoms with van der Waals surface area (Å²) in [7, 11) is 0. The van der Waals surface area contributed by atoms with Crippen LogP contribution >= 0.6 is 0 Å². The fourth-order valence-electron chi connectivity index (χ4n) is 2.42. The van der Waals surface area contributed by atoms with Gasteiger partial charge in [-0.2, -0.15) is 0 Å². The summed E-state index contributed by atoms with van der Waals surface area (Å²) in [4.78, 5) is 17.0. The largest absolute Gasteiger partial charge is 0.360 e. The number of hydrogen-bond acceptors (Lipinski definition) is 4. The molecule has 0 saturated carbocycles. The maximum atomic E-state index is 13.2. The van der Waals surface area contributed by atoms with E-state index in [4.69, 9.17) is 4.52 Å². The predicted octanol–water partition coefficient (Wildman–Crippen LogP) is 3.48. The summed E-state index contributed by atoms with van der Waals surface area (Å²) in [6, 6.07) is 13.1. The lowest BCUT2D eigenvalue weighted by Gasteiger charge is -2.16. The second-order valence-electron chi connectivity index (χ2n) is 5.44. The van der Waals surface area contributed by atoms with Crippen LogP contribution in [0.5, 0.6) is 0 Å². The lowest BCUT2D eigenvalue weighted by molar-refractivity contribution is -0.117. The first-order valence-electron chi connectivity index (χ1n) is 7.51. The van der Waals surface area contributed by atoms with Gasteiger partial charge in [0, 0.05) is 24.4 Å². The Morgan fingerprint density at radius 2 is 2.04 bits per heavy atom. The Labute approximate surface area is 138 Å². The van der Waals surface area contributed by atoms with Crippen molar-refractivity contribution < 1.29 is 13.7 Å². The van der Waals surface area contributed by atoms with Gasteiger partial charge in [-0.15, -0.1) is 0 Å². The van der Waals surface area contributed by atoms with Crippen LogP contribution in [-0.2, 0) is 11.2 Å². The number of anilines is 1. The number of rotatable bonds is 5. The smallest absolute Gasteiger partial charge is 0.233 e. The highest BCUT2D eigenvalue weighted by atomic mass is 19.1. The first-order valence-corrected chi connectivity index (χ1v) is 7.51. The number of carbonyl (C=O) groups is 1. The van der Waals surface area contributed by atoms with Crippen LogP contribution in [0.4, 0.5) is 10.2 Å². The number of halogens is 1. The van der Waals surface area contributed by atoms with E-state index in [1.165, 1.54) is 12.1 Å². The molecule has 0 aliphatic rings. The van der Waals surface area contributed by atoms with Gasteiger partial charge >= 0.3 is 0 Å². The third-order valence-electron chi connectivity index (χ3n) is 3.61. The van der Waals surface area contributed by atoms with Crippen molar-refractivity contribution in [1.82, 2.24) is 10.1 Å². The average Bonchev–Trinajstić information content (AvgIpc) is 2.99. The molecule has 0 fully saturated rings. The summed E-state index contributed by atoms with van der Waals surface area (Å²) in [5, 5.41) is 6.50. The topological polar surface area (TPSA) is 68.0 Å². The van der Waals surface area contributed by atoms with Gasteiger partial charge < -0.3 is 9.84 Å². The molecule has 0 aliphatic carbocycles. The maximum absolute atomic E-state index is 13.2. The fraction of sp³-hybridized carbons (Fsp3) is 0.167. The van der Waals surface area contributed by atoms with Crippen LogP contribution in [0, 0.1) is 12.7 Å². The standard InChI is InChI=1S/C18H16FN3O2/c1-12-10-17(22-24-12)21-18(23)16(11-15-4-2-3-9-20-15)13-5-7-14(19)8-6-13/h2-10,16H,11H2,1H3,(H,21,22,23). The quantitative estimate of drug-likeness (QED) is 0.780. The Kier molecular flexibility index (Phi) is 4.65. The van der Waals surface area contributed by atoms with Gasteiger partial charge in [-0.3, -0.25) is 9.78 Å². The second-order valence-corrected chi connectivity index (χ2v) is 5.44. The number of pyridine rings is 1. The number of carbonyl (C=O) groups excluding carboxylic acids is 1. The molecule has 6 heteroatoms. The molecule has 122 valence electrons. The van der Waals surface area contributed by atoms with Crippen molar-refractivity contribution >= 4 is 11.7 Å². The predicted molar refractivity (Wildman–Crippen MR) is 87.0 cm³/mol. The number of aromatic nitrogens is 2. The fourth-order valence-corrected chi connectivity index (χ4v) is 2.42. The van der Waals surface area contributed by atoms with Crippen LogP contribution in [0.1, 0.15) is 22.9 Å². The first kappa shape index (κ1) is 15.9. The summed E-state index contributed by atoms with van der Waals surface area (Å²) in [6.07, 6.45) is 2.07. The average molecular weight is 325 g/mol. The van der Waals surface area contributed by atoms with Gasteiger partial charge in [-0.25, -0.2) is 4.39 Å². The molecule has 2 aromatic heterocycles.